The summed E-state index contributed by atoms with van der Waals surface area (Å²) < 4.78 is 33.9. The Kier molecular flexibility index (Phi) is 9.81. The molecule has 1 heterocycles. The second-order valence-corrected chi connectivity index (χ2v) is 6.98. The minimum absolute atomic E-state index is 0.0249. The molecule has 0 aliphatic carbocycles. The van der Waals surface area contributed by atoms with Crippen LogP contribution in [-0.4, -0.2) is 11.6 Å². The molecule has 0 bridgehead atoms. The fraction of sp³-hybridized carbons (Fsp3) is 0.522. The fourth-order valence-electron chi connectivity index (χ4n) is 3.13. The molecule has 4 heteroatoms. The third-order valence-electron chi connectivity index (χ3n) is 4.74. The van der Waals surface area contributed by atoms with Crippen LogP contribution in [0.1, 0.15) is 71.1 Å². The highest BCUT2D eigenvalue weighted by Crippen LogP contribution is 2.28. The Balaban J connectivity index is 1.66. The van der Waals surface area contributed by atoms with E-state index in [0.29, 0.717) is 12.3 Å². The number of hydrogen-bond donors (Lipinski definition) is 0. The Morgan fingerprint density at radius 1 is 0.778 bits per heavy atom. The zero-order chi connectivity index (χ0) is 19.3. The number of rotatable bonds is 13. The Morgan fingerprint density at radius 2 is 1.44 bits per heavy atom. The lowest BCUT2D eigenvalue weighted by atomic mass is 10.1. The minimum atomic E-state index is -0.940. The van der Waals surface area contributed by atoms with Gasteiger partial charge in [0.15, 0.2) is 11.6 Å². The van der Waals surface area contributed by atoms with Gasteiger partial charge in [0.05, 0.1) is 12.3 Å². The summed E-state index contributed by atoms with van der Waals surface area (Å²) >= 11 is 0. The highest BCUT2D eigenvalue weighted by molar-refractivity contribution is 5.61. The van der Waals surface area contributed by atoms with E-state index < -0.39 is 11.6 Å². The molecule has 2 nitrogen and oxygen atoms in total. The fourth-order valence-corrected chi connectivity index (χ4v) is 3.13. The standard InChI is InChI=1S/C23H31F2NO/c1-2-3-4-5-6-7-8-9-10-13-18-27-21-16-15-19(22(24)23(21)25)20-14-11-12-17-26-20/h11-12,14-17H,2-10,13,18H2,1H3. The maximum Gasteiger partial charge on any atom is 0.201 e. The van der Waals surface area contributed by atoms with Crippen LogP contribution in [0.4, 0.5) is 8.78 Å². The van der Waals surface area contributed by atoms with Crippen LogP contribution in [0.3, 0.4) is 0 Å². The smallest absolute Gasteiger partial charge is 0.201 e. The topological polar surface area (TPSA) is 22.1 Å². The summed E-state index contributed by atoms with van der Waals surface area (Å²) in [6.45, 7) is 2.65. The van der Waals surface area contributed by atoms with Gasteiger partial charge in [0, 0.05) is 11.8 Å². The van der Waals surface area contributed by atoms with Crippen molar-refractivity contribution in [3.63, 3.8) is 0 Å². The van der Waals surface area contributed by atoms with Crippen molar-refractivity contribution in [2.75, 3.05) is 6.61 Å². The van der Waals surface area contributed by atoms with Crippen molar-refractivity contribution in [1.29, 1.82) is 0 Å². The molecule has 0 atom stereocenters. The Hall–Kier alpha value is -1.97. The van der Waals surface area contributed by atoms with Crippen LogP contribution in [0.15, 0.2) is 36.5 Å². The van der Waals surface area contributed by atoms with Gasteiger partial charge in [0.2, 0.25) is 5.82 Å². The number of hydrogen-bond acceptors (Lipinski definition) is 2. The molecule has 0 radical (unpaired) electrons. The summed E-state index contributed by atoms with van der Waals surface area (Å²) in [7, 11) is 0. The molecule has 148 valence electrons. The van der Waals surface area contributed by atoms with E-state index in [-0.39, 0.29) is 11.3 Å². The van der Waals surface area contributed by atoms with E-state index in [1.807, 2.05) is 0 Å². The van der Waals surface area contributed by atoms with E-state index >= 15 is 0 Å². The first-order valence-corrected chi connectivity index (χ1v) is 10.3. The predicted octanol–water partition coefficient (Wildman–Crippen LogP) is 7.33. The molecule has 0 saturated carbocycles. The molecule has 1 aromatic carbocycles. The van der Waals surface area contributed by atoms with Crippen LogP contribution in [0.5, 0.6) is 5.75 Å². The van der Waals surface area contributed by atoms with Crippen LogP contribution in [0, 0.1) is 11.6 Å². The Labute approximate surface area is 162 Å². The van der Waals surface area contributed by atoms with Crippen molar-refractivity contribution in [1.82, 2.24) is 4.98 Å². The Morgan fingerprint density at radius 3 is 2.07 bits per heavy atom. The second kappa shape index (κ2) is 12.4. The highest BCUT2D eigenvalue weighted by Gasteiger charge is 2.16. The van der Waals surface area contributed by atoms with Crippen LogP contribution >= 0.6 is 0 Å². The SMILES string of the molecule is CCCCCCCCCCCCOc1ccc(-c2ccccn2)c(F)c1F. The van der Waals surface area contributed by atoms with Gasteiger partial charge in [0.25, 0.3) is 0 Å². The van der Waals surface area contributed by atoms with E-state index in [4.69, 9.17) is 4.74 Å². The van der Waals surface area contributed by atoms with Crippen molar-refractivity contribution in [3.8, 4) is 17.0 Å². The number of halogens is 2. The average Bonchev–Trinajstić information content (AvgIpc) is 2.70. The van der Waals surface area contributed by atoms with E-state index in [1.165, 1.54) is 63.5 Å². The molecule has 0 aliphatic heterocycles. The van der Waals surface area contributed by atoms with Crippen LogP contribution < -0.4 is 4.74 Å². The molecular formula is C23H31F2NO. The van der Waals surface area contributed by atoms with Crippen molar-refractivity contribution in [3.05, 3.63) is 48.2 Å². The van der Waals surface area contributed by atoms with E-state index in [9.17, 15) is 8.78 Å². The van der Waals surface area contributed by atoms with E-state index in [0.717, 1.165) is 12.8 Å². The number of unbranched alkanes of at least 4 members (excludes halogenated alkanes) is 9. The summed E-state index contributed by atoms with van der Waals surface area (Å²) in [5.41, 5.74) is 0.564. The first-order valence-electron chi connectivity index (χ1n) is 10.3. The largest absolute Gasteiger partial charge is 0.490 e. The molecule has 2 rings (SSSR count). The lowest BCUT2D eigenvalue weighted by Gasteiger charge is -2.10. The van der Waals surface area contributed by atoms with Gasteiger partial charge in [-0.15, -0.1) is 0 Å². The molecule has 0 spiro atoms. The van der Waals surface area contributed by atoms with Crippen molar-refractivity contribution in [2.45, 2.75) is 71.1 Å². The molecular weight excluding hydrogens is 344 g/mol. The highest BCUT2D eigenvalue weighted by atomic mass is 19.2. The average molecular weight is 376 g/mol. The van der Waals surface area contributed by atoms with E-state index in [1.54, 1.807) is 24.4 Å². The van der Waals surface area contributed by atoms with Crippen molar-refractivity contribution < 1.29 is 13.5 Å². The van der Waals surface area contributed by atoms with Gasteiger partial charge in [0.1, 0.15) is 0 Å². The monoisotopic (exact) mass is 375 g/mol. The summed E-state index contributed by atoms with van der Waals surface area (Å²) in [5, 5.41) is 0. The molecule has 0 amide bonds. The number of pyridine rings is 1. The summed E-state index contributed by atoms with van der Waals surface area (Å²) in [6.07, 6.45) is 13.8. The first kappa shape index (κ1) is 21.3. The maximum absolute atomic E-state index is 14.3. The number of aromatic nitrogens is 1. The van der Waals surface area contributed by atoms with E-state index in [2.05, 4.69) is 11.9 Å². The zero-order valence-electron chi connectivity index (χ0n) is 16.4. The quantitative estimate of drug-likeness (QED) is 0.342. The van der Waals surface area contributed by atoms with Crippen LogP contribution in [-0.2, 0) is 0 Å². The second-order valence-electron chi connectivity index (χ2n) is 6.98. The summed E-state index contributed by atoms with van der Waals surface area (Å²) in [6, 6.07) is 8.15. The normalized spacial score (nSPS) is 10.9. The minimum Gasteiger partial charge on any atom is -0.490 e. The Bertz CT molecular complexity index is 661. The van der Waals surface area contributed by atoms with Crippen LogP contribution in [0.25, 0.3) is 11.3 Å². The zero-order valence-corrected chi connectivity index (χ0v) is 16.4. The molecule has 2 aromatic rings. The maximum atomic E-state index is 14.3. The van der Waals surface area contributed by atoms with Gasteiger partial charge in [-0.2, -0.15) is 4.39 Å². The third-order valence-corrected chi connectivity index (χ3v) is 4.74. The number of ether oxygens (including phenoxy) is 1. The van der Waals surface area contributed by atoms with Gasteiger partial charge < -0.3 is 4.74 Å². The molecule has 0 fully saturated rings. The van der Waals surface area contributed by atoms with Gasteiger partial charge in [-0.1, -0.05) is 70.8 Å². The summed E-state index contributed by atoms with van der Waals surface area (Å²) in [5.74, 6) is -1.87. The molecule has 27 heavy (non-hydrogen) atoms. The lowest BCUT2D eigenvalue weighted by Crippen LogP contribution is -2.02. The lowest BCUT2D eigenvalue weighted by molar-refractivity contribution is 0.285. The van der Waals surface area contributed by atoms with Gasteiger partial charge in [-0.25, -0.2) is 4.39 Å². The van der Waals surface area contributed by atoms with Crippen LogP contribution in [0.2, 0.25) is 0 Å². The van der Waals surface area contributed by atoms with Gasteiger partial charge >= 0.3 is 0 Å². The summed E-state index contributed by atoms with van der Waals surface area (Å²) in [4.78, 5) is 4.06. The molecule has 0 aliphatic rings. The van der Waals surface area contributed by atoms with Gasteiger partial charge in [-0.05, 0) is 30.7 Å². The number of nitrogens with zero attached hydrogens (tertiary/aromatic N) is 1. The number of benzene rings is 1. The molecule has 0 saturated heterocycles. The van der Waals surface area contributed by atoms with Gasteiger partial charge in [-0.3, -0.25) is 4.98 Å². The first-order chi connectivity index (χ1) is 13.2. The molecule has 0 unspecified atom stereocenters. The third kappa shape index (κ3) is 7.28. The molecule has 1 aromatic heterocycles. The molecule has 0 N–H and O–H groups in total. The van der Waals surface area contributed by atoms with Crippen molar-refractivity contribution in [2.24, 2.45) is 0 Å². The predicted molar refractivity (Wildman–Crippen MR) is 107 cm³/mol. The van der Waals surface area contributed by atoms with Crippen molar-refractivity contribution >= 4 is 0 Å².